The van der Waals surface area contributed by atoms with Crippen molar-refractivity contribution >= 4 is 49.4 Å². The Hall–Kier alpha value is -6.76. The molecule has 0 amide bonds. The van der Waals surface area contributed by atoms with Crippen LogP contribution in [0.25, 0.3) is 65.7 Å². The zero-order valence-corrected chi connectivity index (χ0v) is 28.9. The lowest BCUT2D eigenvalue weighted by Gasteiger charge is -2.28. The Kier molecular flexibility index (Phi) is 6.59. The molecule has 0 unspecified atom stereocenters. The van der Waals surface area contributed by atoms with Crippen molar-refractivity contribution in [3.63, 3.8) is 0 Å². The Morgan fingerprint density at radius 3 is 1.67 bits per heavy atom. The molecule has 9 aromatic rings. The predicted octanol–water partition coefficient (Wildman–Crippen LogP) is 13.0. The molecule has 3 nitrogen and oxygen atoms in total. The molecule has 52 heavy (non-hydrogen) atoms. The lowest BCUT2D eigenvalue weighted by atomic mass is 9.81. The molecule has 10 rings (SSSR count). The van der Waals surface area contributed by atoms with Gasteiger partial charge in [0.2, 0.25) is 0 Å². The fraction of sp³-hybridized carbons (Fsp3) is 0.0612. The molecule has 244 valence electrons. The summed E-state index contributed by atoms with van der Waals surface area (Å²) in [5, 5.41) is 17.2. The largest absolute Gasteiger partial charge is 0.309 e. The van der Waals surface area contributed by atoms with E-state index in [1.807, 2.05) is 36.5 Å². The number of aromatic nitrogens is 1. The van der Waals surface area contributed by atoms with Crippen molar-refractivity contribution in [2.75, 3.05) is 4.90 Å². The van der Waals surface area contributed by atoms with Gasteiger partial charge in [-0.1, -0.05) is 86.6 Å². The average molecular weight is 664 g/mol. The van der Waals surface area contributed by atoms with Gasteiger partial charge >= 0.3 is 0 Å². The minimum Gasteiger partial charge on any atom is -0.309 e. The molecular weight excluding hydrogens is 631 g/mol. The summed E-state index contributed by atoms with van der Waals surface area (Å²) < 4.78 is 0. The normalized spacial score (nSPS) is 12.9. The number of hydrogen-bond donors (Lipinski definition) is 0. The summed E-state index contributed by atoms with van der Waals surface area (Å²) in [6.07, 6.45) is 3.68. The molecule has 0 fully saturated rings. The molecule has 3 heteroatoms. The maximum Gasteiger partial charge on any atom is 0.0991 e. The van der Waals surface area contributed by atoms with Gasteiger partial charge in [0.15, 0.2) is 0 Å². The maximum atomic E-state index is 9.42. The number of nitrogens with zero attached hydrogens (tertiary/aromatic N) is 3. The minimum absolute atomic E-state index is 0.214. The second kappa shape index (κ2) is 11.4. The van der Waals surface area contributed by atoms with Gasteiger partial charge in [0.1, 0.15) is 0 Å². The van der Waals surface area contributed by atoms with Crippen molar-refractivity contribution < 1.29 is 0 Å². The van der Waals surface area contributed by atoms with Gasteiger partial charge in [-0.3, -0.25) is 4.98 Å². The molecule has 0 aliphatic heterocycles. The average Bonchev–Trinajstić information content (AvgIpc) is 3.42. The maximum absolute atomic E-state index is 9.42. The standard InChI is InChI=1S/C49H33N3/c1-49(2)45-27-33(39-25-36-14-12-34-23-38(32-7-4-3-5-8-32)24-35-13-15-37(26-39)48(36)47(34)35)16-20-43(45)44-21-19-41(28-46(44)49)52(42-9-6-22-51-30-42)40-17-10-31(29-50)11-18-40/h3-28,30H,1-2H3. The van der Waals surface area contributed by atoms with Crippen LogP contribution >= 0.6 is 0 Å². The Balaban J connectivity index is 1.05. The third kappa shape index (κ3) is 4.62. The highest BCUT2D eigenvalue weighted by Crippen LogP contribution is 2.52. The first-order valence-electron chi connectivity index (χ1n) is 17.7. The molecule has 0 N–H and O–H groups in total. The second-order valence-corrected chi connectivity index (χ2v) is 14.4. The summed E-state index contributed by atoms with van der Waals surface area (Å²) in [4.78, 5) is 6.64. The molecule has 0 spiro atoms. The summed E-state index contributed by atoms with van der Waals surface area (Å²) in [7, 11) is 0. The van der Waals surface area contributed by atoms with Gasteiger partial charge in [-0.25, -0.2) is 0 Å². The monoisotopic (exact) mass is 663 g/mol. The van der Waals surface area contributed by atoms with E-state index in [4.69, 9.17) is 0 Å². The van der Waals surface area contributed by atoms with E-state index in [-0.39, 0.29) is 5.41 Å². The van der Waals surface area contributed by atoms with Gasteiger partial charge in [0.05, 0.1) is 23.5 Å². The zero-order valence-electron chi connectivity index (χ0n) is 28.9. The van der Waals surface area contributed by atoms with Crippen LogP contribution in [0.5, 0.6) is 0 Å². The van der Waals surface area contributed by atoms with E-state index in [2.05, 4.69) is 151 Å². The van der Waals surface area contributed by atoms with E-state index >= 15 is 0 Å². The van der Waals surface area contributed by atoms with Gasteiger partial charge in [-0.15, -0.1) is 0 Å². The molecule has 0 saturated carbocycles. The summed E-state index contributed by atoms with van der Waals surface area (Å²) >= 11 is 0. The first kappa shape index (κ1) is 30.1. The molecule has 1 aliphatic rings. The molecule has 1 aliphatic carbocycles. The van der Waals surface area contributed by atoms with Crippen LogP contribution in [-0.4, -0.2) is 4.98 Å². The fourth-order valence-electron chi connectivity index (χ4n) is 8.46. The van der Waals surface area contributed by atoms with Crippen LogP contribution in [0.15, 0.2) is 164 Å². The van der Waals surface area contributed by atoms with Crippen molar-refractivity contribution in [2.24, 2.45) is 0 Å². The smallest absolute Gasteiger partial charge is 0.0991 e. The fourth-order valence-corrected chi connectivity index (χ4v) is 8.46. The van der Waals surface area contributed by atoms with Crippen molar-refractivity contribution in [3.05, 3.63) is 181 Å². The van der Waals surface area contributed by atoms with Gasteiger partial charge in [-0.05, 0) is 156 Å². The van der Waals surface area contributed by atoms with Crippen LogP contribution in [0.2, 0.25) is 0 Å². The van der Waals surface area contributed by atoms with Crippen molar-refractivity contribution in [3.8, 4) is 39.4 Å². The lowest BCUT2D eigenvalue weighted by molar-refractivity contribution is 0.660. The zero-order chi connectivity index (χ0) is 35.0. The quantitative estimate of drug-likeness (QED) is 0.172. The highest BCUT2D eigenvalue weighted by molar-refractivity contribution is 6.24. The minimum atomic E-state index is -0.214. The molecule has 0 bridgehead atoms. The van der Waals surface area contributed by atoms with E-state index in [0.717, 1.165) is 17.1 Å². The van der Waals surface area contributed by atoms with E-state index in [0.29, 0.717) is 5.56 Å². The first-order chi connectivity index (χ1) is 25.5. The summed E-state index contributed by atoms with van der Waals surface area (Å²) in [6, 6.07) is 57.0. The van der Waals surface area contributed by atoms with E-state index in [1.165, 1.54) is 76.8 Å². The van der Waals surface area contributed by atoms with Crippen LogP contribution in [0.3, 0.4) is 0 Å². The van der Waals surface area contributed by atoms with Gasteiger partial charge in [0, 0.05) is 23.0 Å². The van der Waals surface area contributed by atoms with Gasteiger partial charge in [-0.2, -0.15) is 5.26 Å². The Bertz CT molecular complexity index is 2800. The van der Waals surface area contributed by atoms with Crippen LogP contribution in [0.1, 0.15) is 30.5 Å². The molecule has 0 atom stereocenters. The summed E-state index contributed by atoms with van der Waals surface area (Å²) in [5.41, 5.74) is 13.6. The highest BCUT2D eigenvalue weighted by atomic mass is 15.1. The number of hydrogen-bond acceptors (Lipinski definition) is 3. The third-order valence-corrected chi connectivity index (χ3v) is 11.1. The topological polar surface area (TPSA) is 39.9 Å². The number of pyridine rings is 1. The van der Waals surface area contributed by atoms with Crippen LogP contribution in [-0.2, 0) is 5.41 Å². The number of rotatable bonds is 5. The first-order valence-corrected chi connectivity index (χ1v) is 17.7. The van der Waals surface area contributed by atoms with Crippen molar-refractivity contribution in [1.82, 2.24) is 4.98 Å². The van der Waals surface area contributed by atoms with Gasteiger partial charge < -0.3 is 4.90 Å². The Labute approximate surface area is 303 Å². The molecule has 8 aromatic carbocycles. The predicted molar refractivity (Wildman–Crippen MR) is 216 cm³/mol. The van der Waals surface area contributed by atoms with Gasteiger partial charge in [0.25, 0.3) is 0 Å². The van der Waals surface area contributed by atoms with Crippen LogP contribution in [0.4, 0.5) is 17.1 Å². The SMILES string of the molecule is CC1(C)c2cc(-c3cc4ccc5cc(-c6ccccc6)cc6ccc(c3)c4c56)ccc2-c2ccc(N(c3ccc(C#N)cc3)c3cccnc3)cc21. The number of benzene rings is 8. The number of anilines is 3. The molecular formula is C49H33N3. The summed E-state index contributed by atoms with van der Waals surface area (Å²) in [5.74, 6) is 0. The Morgan fingerprint density at radius 2 is 1.08 bits per heavy atom. The number of nitriles is 1. The molecule has 0 radical (unpaired) electrons. The molecule has 0 saturated heterocycles. The molecule has 1 heterocycles. The van der Waals surface area contributed by atoms with Crippen LogP contribution < -0.4 is 4.90 Å². The third-order valence-electron chi connectivity index (χ3n) is 11.1. The summed E-state index contributed by atoms with van der Waals surface area (Å²) in [6.45, 7) is 4.68. The van der Waals surface area contributed by atoms with Crippen LogP contribution in [0, 0.1) is 11.3 Å². The molecule has 1 aromatic heterocycles. The van der Waals surface area contributed by atoms with E-state index in [1.54, 1.807) is 6.20 Å². The van der Waals surface area contributed by atoms with E-state index < -0.39 is 0 Å². The Morgan fingerprint density at radius 1 is 0.500 bits per heavy atom. The number of fused-ring (bicyclic) bond motifs is 3. The van der Waals surface area contributed by atoms with Crippen molar-refractivity contribution in [2.45, 2.75) is 19.3 Å². The lowest BCUT2D eigenvalue weighted by Crippen LogP contribution is -2.16. The highest BCUT2D eigenvalue weighted by Gasteiger charge is 2.36. The van der Waals surface area contributed by atoms with Crippen molar-refractivity contribution in [1.29, 1.82) is 5.26 Å². The second-order valence-electron chi connectivity index (χ2n) is 14.4. The van der Waals surface area contributed by atoms with E-state index in [9.17, 15) is 5.26 Å².